The van der Waals surface area contributed by atoms with Crippen LogP contribution in [0.3, 0.4) is 0 Å². The minimum absolute atomic E-state index is 0.294. The summed E-state index contributed by atoms with van der Waals surface area (Å²) in [5.41, 5.74) is 6.90. The highest BCUT2D eigenvalue weighted by molar-refractivity contribution is 6.30. The smallest absolute Gasteiger partial charge is 0.223 e. The molecule has 0 aliphatic heterocycles. The summed E-state index contributed by atoms with van der Waals surface area (Å²) in [5, 5.41) is 2.31. The van der Waals surface area contributed by atoms with Crippen LogP contribution < -0.4 is 10.5 Å². The van der Waals surface area contributed by atoms with E-state index in [1.165, 1.54) is 0 Å². The average Bonchev–Trinajstić information content (AvgIpc) is 3.22. The second-order valence-electron chi connectivity index (χ2n) is 5.62. The Balaban J connectivity index is 2.19. The van der Waals surface area contributed by atoms with Gasteiger partial charge < -0.3 is 10.5 Å². The van der Waals surface area contributed by atoms with E-state index in [1.54, 1.807) is 12.4 Å². The second-order valence-corrected chi connectivity index (χ2v) is 6.01. The summed E-state index contributed by atoms with van der Waals surface area (Å²) in [5.74, 6) is 0.627. The molecule has 3 rings (SSSR count). The number of fused-ring (bicyclic) bond motifs is 1. The van der Waals surface area contributed by atoms with Gasteiger partial charge in [0.05, 0.1) is 5.39 Å². The first-order chi connectivity index (χ1) is 9.51. The lowest BCUT2D eigenvalue weighted by Crippen LogP contribution is -2.32. The summed E-state index contributed by atoms with van der Waals surface area (Å²) < 4.78 is 5.84. The molecule has 0 spiro atoms. The molecule has 106 valence electrons. The first kappa shape index (κ1) is 13.6. The van der Waals surface area contributed by atoms with Crippen molar-refractivity contribution in [1.29, 1.82) is 0 Å². The molecule has 2 aromatic rings. The van der Waals surface area contributed by atoms with Crippen LogP contribution in [0.15, 0.2) is 18.5 Å². The van der Waals surface area contributed by atoms with E-state index in [2.05, 4.69) is 16.9 Å². The predicted octanol–water partition coefficient (Wildman–Crippen LogP) is 3.41. The number of hydrogen-bond donors (Lipinski definition) is 1. The Hall–Kier alpha value is -1.39. The van der Waals surface area contributed by atoms with Crippen molar-refractivity contribution in [3.63, 3.8) is 0 Å². The molecule has 5 heteroatoms. The number of ether oxygens (including phenoxy) is 1. The van der Waals surface area contributed by atoms with E-state index < -0.39 is 5.54 Å². The Bertz CT molecular complexity index is 653. The summed E-state index contributed by atoms with van der Waals surface area (Å²) in [6.07, 6.45) is 6.82. The standard InChI is InChI=1S/C15H18ClN3O/c1-3-15(2,17)12-8-19-14(20-9-4-5-9)11-7-18-13(16)6-10(11)12/h6-9H,3-5,17H2,1-2H3/t15-/m1/s1. The van der Waals surface area contributed by atoms with Crippen molar-refractivity contribution in [2.45, 2.75) is 44.8 Å². The van der Waals surface area contributed by atoms with E-state index in [1.807, 2.05) is 13.0 Å². The average molecular weight is 292 g/mol. The molecular weight excluding hydrogens is 274 g/mol. The van der Waals surface area contributed by atoms with E-state index in [9.17, 15) is 0 Å². The lowest BCUT2D eigenvalue weighted by atomic mass is 9.89. The Morgan fingerprint density at radius 2 is 2.10 bits per heavy atom. The van der Waals surface area contributed by atoms with Crippen LogP contribution in [0.2, 0.25) is 5.15 Å². The molecule has 0 radical (unpaired) electrons. The van der Waals surface area contributed by atoms with Crippen LogP contribution in [0.5, 0.6) is 5.88 Å². The van der Waals surface area contributed by atoms with Crippen LogP contribution in [0, 0.1) is 0 Å². The van der Waals surface area contributed by atoms with Gasteiger partial charge in [-0.2, -0.15) is 0 Å². The number of aromatic nitrogens is 2. The molecule has 0 amide bonds. The minimum atomic E-state index is -0.450. The number of rotatable bonds is 4. The molecule has 1 atom stereocenters. The van der Waals surface area contributed by atoms with Crippen molar-refractivity contribution in [2.75, 3.05) is 0 Å². The Morgan fingerprint density at radius 3 is 2.75 bits per heavy atom. The van der Waals surface area contributed by atoms with E-state index in [0.29, 0.717) is 17.1 Å². The molecule has 0 bridgehead atoms. The first-order valence-corrected chi connectivity index (χ1v) is 7.29. The zero-order valence-electron chi connectivity index (χ0n) is 11.7. The third kappa shape index (κ3) is 2.45. The van der Waals surface area contributed by atoms with Crippen molar-refractivity contribution >= 4 is 22.4 Å². The summed E-state index contributed by atoms with van der Waals surface area (Å²) in [6.45, 7) is 4.06. The molecule has 2 aromatic heterocycles. The first-order valence-electron chi connectivity index (χ1n) is 6.91. The molecule has 0 saturated heterocycles. The molecule has 0 unspecified atom stereocenters. The lowest BCUT2D eigenvalue weighted by Gasteiger charge is -2.25. The van der Waals surface area contributed by atoms with Gasteiger partial charge in [-0.3, -0.25) is 0 Å². The Labute approximate surface area is 123 Å². The maximum Gasteiger partial charge on any atom is 0.223 e. The summed E-state index contributed by atoms with van der Waals surface area (Å²) in [6, 6.07) is 1.84. The molecule has 1 aliphatic rings. The van der Waals surface area contributed by atoms with Gasteiger partial charge in [0.15, 0.2) is 0 Å². The molecule has 2 N–H and O–H groups in total. The Morgan fingerprint density at radius 1 is 1.35 bits per heavy atom. The second kappa shape index (κ2) is 4.86. The normalized spacial score (nSPS) is 18.0. The highest BCUT2D eigenvalue weighted by Crippen LogP contribution is 2.35. The van der Waals surface area contributed by atoms with Crippen LogP contribution in [0.25, 0.3) is 10.8 Å². The van der Waals surface area contributed by atoms with Gasteiger partial charge in [0.1, 0.15) is 11.3 Å². The van der Waals surface area contributed by atoms with Gasteiger partial charge in [0.2, 0.25) is 5.88 Å². The van der Waals surface area contributed by atoms with Gasteiger partial charge in [-0.1, -0.05) is 18.5 Å². The quantitative estimate of drug-likeness (QED) is 0.877. The van der Waals surface area contributed by atoms with E-state index >= 15 is 0 Å². The fourth-order valence-electron chi connectivity index (χ4n) is 2.17. The summed E-state index contributed by atoms with van der Waals surface area (Å²) in [7, 11) is 0. The minimum Gasteiger partial charge on any atom is -0.474 e. The zero-order chi connectivity index (χ0) is 14.3. The van der Waals surface area contributed by atoms with Crippen molar-refractivity contribution in [3.8, 4) is 5.88 Å². The van der Waals surface area contributed by atoms with Gasteiger partial charge in [-0.25, -0.2) is 9.97 Å². The van der Waals surface area contributed by atoms with Crippen LogP contribution in [0.4, 0.5) is 0 Å². The molecule has 4 nitrogen and oxygen atoms in total. The van der Waals surface area contributed by atoms with Crippen molar-refractivity contribution in [1.82, 2.24) is 9.97 Å². The number of hydrogen-bond acceptors (Lipinski definition) is 4. The van der Waals surface area contributed by atoms with E-state index in [4.69, 9.17) is 22.1 Å². The van der Waals surface area contributed by atoms with Gasteiger partial charge in [-0.05, 0) is 43.2 Å². The fourth-order valence-corrected chi connectivity index (χ4v) is 2.33. The SMILES string of the molecule is CC[C@@](C)(N)c1cnc(OC2CC2)c2cnc(Cl)cc12. The fraction of sp³-hybridized carbons (Fsp3) is 0.467. The highest BCUT2D eigenvalue weighted by Gasteiger charge is 2.27. The third-order valence-electron chi connectivity index (χ3n) is 3.85. The molecule has 0 aromatic carbocycles. The molecule has 2 heterocycles. The maximum atomic E-state index is 6.37. The predicted molar refractivity (Wildman–Crippen MR) is 80.0 cm³/mol. The summed E-state index contributed by atoms with van der Waals surface area (Å²) >= 11 is 6.04. The van der Waals surface area contributed by atoms with Crippen molar-refractivity contribution in [2.24, 2.45) is 5.73 Å². The molecular formula is C15H18ClN3O. The maximum absolute atomic E-state index is 6.37. The molecule has 1 saturated carbocycles. The van der Waals surface area contributed by atoms with Crippen LogP contribution >= 0.6 is 11.6 Å². The number of nitrogens with zero attached hydrogens (tertiary/aromatic N) is 2. The third-order valence-corrected chi connectivity index (χ3v) is 4.06. The largest absolute Gasteiger partial charge is 0.474 e. The lowest BCUT2D eigenvalue weighted by molar-refractivity contribution is 0.294. The molecule has 1 aliphatic carbocycles. The van der Waals surface area contributed by atoms with Crippen LogP contribution in [0.1, 0.15) is 38.7 Å². The van der Waals surface area contributed by atoms with E-state index in [-0.39, 0.29) is 0 Å². The van der Waals surface area contributed by atoms with Gasteiger partial charge >= 0.3 is 0 Å². The number of pyridine rings is 2. The van der Waals surface area contributed by atoms with Gasteiger partial charge in [0.25, 0.3) is 0 Å². The van der Waals surface area contributed by atoms with E-state index in [0.717, 1.165) is 35.6 Å². The van der Waals surface area contributed by atoms with Gasteiger partial charge in [-0.15, -0.1) is 0 Å². The van der Waals surface area contributed by atoms with Crippen molar-refractivity contribution in [3.05, 3.63) is 29.2 Å². The zero-order valence-corrected chi connectivity index (χ0v) is 12.4. The van der Waals surface area contributed by atoms with Gasteiger partial charge in [0, 0.05) is 17.9 Å². The van der Waals surface area contributed by atoms with Crippen LogP contribution in [-0.4, -0.2) is 16.1 Å². The molecule has 1 fully saturated rings. The van der Waals surface area contributed by atoms with Crippen LogP contribution in [-0.2, 0) is 5.54 Å². The topological polar surface area (TPSA) is 61.0 Å². The number of nitrogens with two attached hydrogens (primary N) is 1. The molecule has 20 heavy (non-hydrogen) atoms. The van der Waals surface area contributed by atoms with Crippen molar-refractivity contribution < 1.29 is 4.74 Å². The number of halogens is 1. The summed E-state index contributed by atoms with van der Waals surface area (Å²) in [4.78, 5) is 8.59. The Kier molecular flexibility index (Phi) is 3.30. The monoisotopic (exact) mass is 291 g/mol. The highest BCUT2D eigenvalue weighted by atomic mass is 35.5.